The highest BCUT2D eigenvalue weighted by Gasteiger charge is 2.05. The second-order valence-electron chi connectivity index (χ2n) is 4.07. The highest BCUT2D eigenvalue weighted by atomic mass is 32.1. The van der Waals surface area contributed by atoms with Crippen molar-refractivity contribution in [2.24, 2.45) is 5.73 Å². The van der Waals surface area contributed by atoms with Gasteiger partial charge in [0.2, 0.25) is 0 Å². The Morgan fingerprint density at radius 3 is 3.00 bits per heavy atom. The van der Waals surface area contributed by atoms with Crippen LogP contribution in [0.3, 0.4) is 0 Å². The number of nitrogens with two attached hydrogens (primary N) is 1. The van der Waals surface area contributed by atoms with E-state index in [0.717, 1.165) is 18.8 Å². The zero-order valence-electron chi connectivity index (χ0n) is 10.3. The summed E-state index contributed by atoms with van der Waals surface area (Å²) in [5, 5.41) is 9.51. The van der Waals surface area contributed by atoms with Gasteiger partial charge in [0.15, 0.2) is 0 Å². The summed E-state index contributed by atoms with van der Waals surface area (Å²) in [7, 11) is 2.00. The van der Waals surface area contributed by atoms with Crippen LogP contribution in [0, 0.1) is 5.41 Å². The van der Waals surface area contributed by atoms with Crippen LogP contribution in [0.5, 0.6) is 0 Å². The van der Waals surface area contributed by atoms with Gasteiger partial charge in [0.05, 0.1) is 0 Å². The molecule has 2 aromatic heterocycles. The summed E-state index contributed by atoms with van der Waals surface area (Å²) in [5.74, 6) is 0.921. The Hall–Kier alpha value is -1.88. The summed E-state index contributed by atoms with van der Waals surface area (Å²) in [6, 6.07) is 7.79. The molecule has 94 valence electrons. The molecule has 2 rings (SSSR count). The van der Waals surface area contributed by atoms with E-state index < -0.39 is 0 Å². The Labute approximate surface area is 111 Å². The third-order valence-corrected chi connectivity index (χ3v) is 3.66. The van der Waals surface area contributed by atoms with Gasteiger partial charge in [-0.05, 0) is 30.0 Å². The van der Waals surface area contributed by atoms with E-state index in [1.54, 1.807) is 23.6 Å². The number of nitrogen functional groups attached to an aromatic ring is 1. The normalized spacial score (nSPS) is 10.3. The van der Waals surface area contributed by atoms with Gasteiger partial charge in [-0.1, -0.05) is 6.07 Å². The Balaban J connectivity index is 2.02. The Kier molecular flexibility index (Phi) is 3.94. The van der Waals surface area contributed by atoms with Gasteiger partial charge in [0.1, 0.15) is 11.7 Å². The standard InChI is InChI=1S/C13H16N4S/c1-17(7-5-11-3-2-8-18-11)12-9-10(13(14)15)4-6-16-12/h2-4,6,8-9H,5,7H2,1H3,(H3,14,15). The predicted molar refractivity (Wildman–Crippen MR) is 76.5 cm³/mol. The molecule has 3 N–H and O–H groups in total. The molecule has 0 radical (unpaired) electrons. The summed E-state index contributed by atoms with van der Waals surface area (Å²) < 4.78 is 0. The van der Waals surface area contributed by atoms with Crippen molar-refractivity contribution in [3.8, 4) is 0 Å². The highest BCUT2D eigenvalue weighted by molar-refractivity contribution is 7.09. The SMILES string of the molecule is CN(CCc1cccs1)c1cc(C(=N)N)ccn1. The average molecular weight is 260 g/mol. The van der Waals surface area contributed by atoms with Gasteiger partial charge in [-0.25, -0.2) is 4.98 Å². The molecule has 0 aliphatic heterocycles. The molecule has 18 heavy (non-hydrogen) atoms. The summed E-state index contributed by atoms with van der Waals surface area (Å²) in [4.78, 5) is 7.74. The van der Waals surface area contributed by atoms with Gasteiger partial charge in [0, 0.05) is 30.2 Å². The average Bonchev–Trinajstić information content (AvgIpc) is 2.89. The van der Waals surface area contributed by atoms with Gasteiger partial charge in [-0.2, -0.15) is 0 Å². The number of pyridine rings is 1. The molecule has 0 aromatic carbocycles. The lowest BCUT2D eigenvalue weighted by Crippen LogP contribution is -2.22. The first-order valence-electron chi connectivity index (χ1n) is 5.71. The van der Waals surface area contributed by atoms with Gasteiger partial charge >= 0.3 is 0 Å². The van der Waals surface area contributed by atoms with E-state index in [1.165, 1.54) is 4.88 Å². The molecule has 0 spiro atoms. The number of likely N-dealkylation sites (N-methyl/N-ethyl adjacent to an activating group) is 1. The summed E-state index contributed by atoms with van der Waals surface area (Å²) >= 11 is 1.77. The Morgan fingerprint density at radius 2 is 2.33 bits per heavy atom. The first-order valence-corrected chi connectivity index (χ1v) is 6.59. The second-order valence-corrected chi connectivity index (χ2v) is 5.10. The lowest BCUT2D eigenvalue weighted by Gasteiger charge is -2.18. The summed E-state index contributed by atoms with van der Waals surface area (Å²) in [6.45, 7) is 0.898. The number of thiophene rings is 1. The van der Waals surface area contributed by atoms with Crippen LogP contribution in [0.1, 0.15) is 10.4 Å². The first-order chi connectivity index (χ1) is 8.66. The third-order valence-electron chi connectivity index (χ3n) is 2.72. The van der Waals surface area contributed by atoms with E-state index in [-0.39, 0.29) is 5.84 Å². The van der Waals surface area contributed by atoms with Gasteiger partial charge in [-0.15, -0.1) is 11.3 Å². The molecular formula is C13H16N4S. The molecule has 4 nitrogen and oxygen atoms in total. The van der Waals surface area contributed by atoms with Gasteiger partial charge < -0.3 is 10.6 Å². The number of nitrogens with one attached hydrogen (secondary N) is 1. The second kappa shape index (κ2) is 5.64. The van der Waals surface area contributed by atoms with Crippen LogP contribution in [0.2, 0.25) is 0 Å². The van der Waals surface area contributed by atoms with Crippen molar-refractivity contribution in [1.82, 2.24) is 4.98 Å². The van der Waals surface area contributed by atoms with Crippen molar-refractivity contribution < 1.29 is 0 Å². The zero-order valence-corrected chi connectivity index (χ0v) is 11.1. The van der Waals surface area contributed by atoms with E-state index in [0.29, 0.717) is 5.56 Å². The molecule has 2 heterocycles. The molecule has 0 fully saturated rings. The number of nitrogens with zero attached hydrogens (tertiary/aromatic N) is 2. The van der Waals surface area contributed by atoms with Crippen molar-refractivity contribution in [2.45, 2.75) is 6.42 Å². The van der Waals surface area contributed by atoms with Crippen molar-refractivity contribution in [1.29, 1.82) is 5.41 Å². The molecule has 0 atom stereocenters. The number of hydrogen-bond acceptors (Lipinski definition) is 4. The summed E-state index contributed by atoms with van der Waals surface area (Å²) in [6.07, 6.45) is 2.69. The quantitative estimate of drug-likeness (QED) is 0.639. The van der Waals surface area contributed by atoms with Crippen molar-refractivity contribution in [3.05, 3.63) is 46.3 Å². The van der Waals surface area contributed by atoms with Crippen LogP contribution >= 0.6 is 11.3 Å². The van der Waals surface area contributed by atoms with Crippen LogP contribution in [0.15, 0.2) is 35.8 Å². The third kappa shape index (κ3) is 3.07. The molecule has 0 unspecified atom stereocenters. The lowest BCUT2D eigenvalue weighted by molar-refractivity contribution is 0.869. The maximum Gasteiger partial charge on any atom is 0.128 e. The van der Waals surface area contributed by atoms with E-state index in [1.807, 2.05) is 13.1 Å². The van der Waals surface area contributed by atoms with Gasteiger partial charge in [0.25, 0.3) is 0 Å². The molecule has 2 aromatic rings. The fourth-order valence-corrected chi connectivity index (χ4v) is 2.34. The highest BCUT2D eigenvalue weighted by Crippen LogP contribution is 2.14. The molecule has 0 saturated carbocycles. The van der Waals surface area contributed by atoms with Crippen LogP contribution in [0.4, 0.5) is 5.82 Å². The monoisotopic (exact) mass is 260 g/mol. The Morgan fingerprint density at radius 1 is 1.50 bits per heavy atom. The predicted octanol–water partition coefficient (Wildman–Crippen LogP) is 2.11. The number of anilines is 1. The maximum absolute atomic E-state index is 7.42. The first kappa shape index (κ1) is 12.6. The molecule has 0 aliphatic carbocycles. The van der Waals surface area contributed by atoms with E-state index in [9.17, 15) is 0 Å². The number of hydrogen-bond donors (Lipinski definition) is 2. The van der Waals surface area contributed by atoms with Crippen LogP contribution < -0.4 is 10.6 Å². The molecular weight excluding hydrogens is 244 g/mol. The lowest BCUT2D eigenvalue weighted by atomic mass is 10.2. The van der Waals surface area contributed by atoms with E-state index in [4.69, 9.17) is 11.1 Å². The smallest absolute Gasteiger partial charge is 0.128 e. The molecule has 0 bridgehead atoms. The largest absolute Gasteiger partial charge is 0.384 e. The van der Waals surface area contributed by atoms with E-state index >= 15 is 0 Å². The summed E-state index contributed by atoms with van der Waals surface area (Å²) in [5.41, 5.74) is 6.18. The van der Waals surface area contributed by atoms with Crippen molar-refractivity contribution in [3.63, 3.8) is 0 Å². The fourth-order valence-electron chi connectivity index (χ4n) is 1.64. The molecule has 0 saturated heterocycles. The minimum Gasteiger partial charge on any atom is -0.384 e. The van der Waals surface area contributed by atoms with Crippen LogP contribution in [-0.2, 0) is 6.42 Å². The fraction of sp³-hybridized carbons (Fsp3) is 0.231. The maximum atomic E-state index is 7.42. The minimum atomic E-state index is 0.0744. The van der Waals surface area contributed by atoms with Gasteiger partial charge in [-0.3, -0.25) is 5.41 Å². The van der Waals surface area contributed by atoms with Crippen LogP contribution in [0.25, 0.3) is 0 Å². The zero-order chi connectivity index (χ0) is 13.0. The molecule has 0 amide bonds. The number of amidine groups is 1. The number of aromatic nitrogens is 1. The minimum absolute atomic E-state index is 0.0744. The van der Waals surface area contributed by atoms with E-state index in [2.05, 4.69) is 27.4 Å². The topological polar surface area (TPSA) is 66.0 Å². The molecule has 5 heteroatoms. The number of rotatable bonds is 5. The van der Waals surface area contributed by atoms with Crippen LogP contribution in [-0.4, -0.2) is 24.4 Å². The van der Waals surface area contributed by atoms with Crippen molar-refractivity contribution in [2.75, 3.05) is 18.5 Å². The van der Waals surface area contributed by atoms with Crippen molar-refractivity contribution >= 4 is 23.0 Å². The molecule has 0 aliphatic rings. The Bertz CT molecular complexity index is 522.